The van der Waals surface area contributed by atoms with Gasteiger partial charge in [-0.15, -0.1) is 0 Å². The van der Waals surface area contributed by atoms with Gasteiger partial charge in [0.05, 0.1) is 18.8 Å². The number of benzene rings is 1. The number of alkyl halides is 2. The van der Waals surface area contributed by atoms with E-state index >= 15 is 0 Å². The summed E-state index contributed by atoms with van der Waals surface area (Å²) in [7, 11) is -3.63. The van der Waals surface area contributed by atoms with Gasteiger partial charge < -0.3 is 0 Å². The molecule has 0 aromatic heterocycles. The summed E-state index contributed by atoms with van der Waals surface area (Å²) in [5, 5.41) is 0. The maximum Gasteiger partial charge on any atom is 0.277 e. The van der Waals surface area contributed by atoms with Crippen molar-refractivity contribution in [3.05, 3.63) is 35.9 Å². The number of hydrogen-bond acceptors (Lipinski definition) is 3. The van der Waals surface area contributed by atoms with Crippen LogP contribution in [0.2, 0.25) is 0 Å². The van der Waals surface area contributed by atoms with Crippen LogP contribution in [0.15, 0.2) is 30.3 Å². The smallest absolute Gasteiger partial charge is 0.277 e. The molecule has 1 N–H and O–H groups in total. The molecule has 1 aliphatic heterocycles. The summed E-state index contributed by atoms with van der Waals surface area (Å²) < 4.78 is 51.6. The van der Waals surface area contributed by atoms with Crippen LogP contribution in [0, 0.1) is 0 Å². The summed E-state index contributed by atoms with van der Waals surface area (Å²) in [5.74, 6) is -3.04. The van der Waals surface area contributed by atoms with Crippen LogP contribution in [-0.2, 0) is 16.6 Å². The van der Waals surface area contributed by atoms with Crippen molar-refractivity contribution in [2.45, 2.75) is 18.5 Å². The Balaban J connectivity index is 2.04. The lowest BCUT2D eigenvalue weighted by Crippen LogP contribution is -2.46. The van der Waals surface area contributed by atoms with Gasteiger partial charge in [0.25, 0.3) is 5.92 Å². The Morgan fingerprint density at radius 3 is 2.58 bits per heavy atom. The maximum atomic E-state index is 13.7. The topological polar surface area (TPSA) is 49.4 Å². The van der Waals surface area contributed by atoms with Crippen LogP contribution in [0.25, 0.3) is 0 Å². The van der Waals surface area contributed by atoms with Crippen LogP contribution >= 0.6 is 0 Å². The Bertz CT molecular complexity index is 534. The van der Waals surface area contributed by atoms with Crippen molar-refractivity contribution in [3.8, 4) is 0 Å². The first kappa shape index (κ1) is 14.4. The Labute approximate surface area is 111 Å². The van der Waals surface area contributed by atoms with Gasteiger partial charge in [0.15, 0.2) is 0 Å². The van der Waals surface area contributed by atoms with Crippen LogP contribution in [0.1, 0.15) is 5.56 Å². The Morgan fingerprint density at radius 2 is 2.00 bits per heavy atom. The molecule has 1 aliphatic rings. The van der Waals surface area contributed by atoms with Crippen LogP contribution in [0.3, 0.4) is 0 Å². The van der Waals surface area contributed by atoms with E-state index in [-0.39, 0.29) is 6.54 Å². The molecule has 4 nitrogen and oxygen atoms in total. The Kier molecular flexibility index (Phi) is 3.89. The SMILES string of the molecule is CS(=O)(=O)N[C@@H]1CN(Cc2ccccc2)CC1(F)F. The van der Waals surface area contributed by atoms with E-state index in [0.717, 1.165) is 11.8 Å². The van der Waals surface area contributed by atoms with Crippen molar-refractivity contribution >= 4 is 10.0 Å². The molecule has 0 amide bonds. The Morgan fingerprint density at radius 1 is 1.37 bits per heavy atom. The first-order valence-electron chi connectivity index (χ1n) is 5.88. The average molecular weight is 290 g/mol. The first-order valence-corrected chi connectivity index (χ1v) is 7.77. The number of sulfonamides is 1. The van der Waals surface area contributed by atoms with E-state index in [1.54, 1.807) is 4.90 Å². The number of rotatable bonds is 4. The van der Waals surface area contributed by atoms with E-state index < -0.39 is 28.5 Å². The molecule has 2 rings (SSSR count). The minimum atomic E-state index is -3.63. The van der Waals surface area contributed by atoms with Gasteiger partial charge in [0.2, 0.25) is 10.0 Å². The van der Waals surface area contributed by atoms with E-state index in [4.69, 9.17) is 0 Å². The minimum Gasteiger partial charge on any atom is -0.291 e. The van der Waals surface area contributed by atoms with Crippen molar-refractivity contribution in [2.75, 3.05) is 19.3 Å². The van der Waals surface area contributed by atoms with Gasteiger partial charge in [-0.05, 0) is 5.56 Å². The molecule has 1 aromatic rings. The average Bonchev–Trinajstić information content (AvgIpc) is 2.52. The van der Waals surface area contributed by atoms with E-state index in [0.29, 0.717) is 6.54 Å². The summed E-state index contributed by atoms with van der Waals surface area (Å²) in [4.78, 5) is 1.55. The molecule has 106 valence electrons. The zero-order valence-corrected chi connectivity index (χ0v) is 11.3. The normalized spacial score (nSPS) is 23.6. The second-order valence-corrected chi connectivity index (χ2v) is 6.64. The number of nitrogens with zero attached hydrogens (tertiary/aromatic N) is 1. The second-order valence-electron chi connectivity index (χ2n) is 4.86. The third kappa shape index (κ3) is 3.95. The third-order valence-corrected chi connectivity index (χ3v) is 3.70. The largest absolute Gasteiger partial charge is 0.291 e. The highest BCUT2D eigenvalue weighted by Gasteiger charge is 2.48. The second kappa shape index (κ2) is 5.15. The van der Waals surface area contributed by atoms with Crippen molar-refractivity contribution in [1.29, 1.82) is 0 Å². The zero-order chi connectivity index (χ0) is 14.1. The van der Waals surface area contributed by atoms with Gasteiger partial charge in [0.1, 0.15) is 0 Å². The number of halogens is 2. The van der Waals surface area contributed by atoms with Crippen molar-refractivity contribution < 1.29 is 17.2 Å². The van der Waals surface area contributed by atoms with Crippen molar-refractivity contribution in [3.63, 3.8) is 0 Å². The fourth-order valence-electron chi connectivity index (χ4n) is 2.21. The monoisotopic (exact) mass is 290 g/mol. The number of nitrogens with one attached hydrogen (secondary N) is 1. The lowest BCUT2D eigenvalue weighted by Gasteiger charge is -2.17. The lowest BCUT2D eigenvalue weighted by atomic mass is 10.2. The summed E-state index contributed by atoms with van der Waals surface area (Å²) in [5.41, 5.74) is 0.929. The molecule has 1 heterocycles. The van der Waals surface area contributed by atoms with Crippen molar-refractivity contribution in [2.24, 2.45) is 0 Å². The fraction of sp³-hybridized carbons (Fsp3) is 0.500. The van der Waals surface area contributed by atoms with Gasteiger partial charge in [0, 0.05) is 13.1 Å². The third-order valence-electron chi connectivity index (χ3n) is 2.99. The van der Waals surface area contributed by atoms with Crippen LogP contribution in [0.4, 0.5) is 8.78 Å². The Hall–Kier alpha value is -1.05. The molecular weight excluding hydrogens is 274 g/mol. The van der Waals surface area contributed by atoms with Crippen LogP contribution in [0.5, 0.6) is 0 Å². The molecule has 1 aromatic carbocycles. The van der Waals surface area contributed by atoms with Crippen LogP contribution < -0.4 is 4.72 Å². The minimum absolute atomic E-state index is 0.00889. The molecule has 0 spiro atoms. The first-order chi connectivity index (χ1) is 8.76. The summed E-state index contributed by atoms with van der Waals surface area (Å²) >= 11 is 0. The maximum absolute atomic E-state index is 13.7. The molecule has 1 atom stereocenters. The van der Waals surface area contributed by atoms with Crippen molar-refractivity contribution in [1.82, 2.24) is 9.62 Å². The van der Waals surface area contributed by atoms with Gasteiger partial charge in [-0.1, -0.05) is 30.3 Å². The molecule has 1 fully saturated rings. The quantitative estimate of drug-likeness (QED) is 0.902. The van der Waals surface area contributed by atoms with Gasteiger partial charge >= 0.3 is 0 Å². The van der Waals surface area contributed by atoms with Gasteiger partial charge in [-0.25, -0.2) is 21.9 Å². The highest BCUT2D eigenvalue weighted by Crippen LogP contribution is 2.29. The highest BCUT2D eigenvalue weighted by atomic mass is 32.2. The molecule has 1 saturated heterocycles. The standard InChI is InChI=1S/C12H16F2N2O2S/c1-19(17,18)15-11-8-16(9-12(11,13)14)7-10-5-3-2-4-6-10/h2-6,11,15H,7-9H2,1H3/t11-/m1/s1. The van der Waals surface area contributed by atoms with E-state index in [2.05, 4.69) is 0 Å². The number of hydrogen-bond donors (Lipinski definition) is 1. The molecule has 0 unspecified atom stereocenters. The number of likely N-dealkylation sites (tertiary alicyclic amines) is 1. The zero-order valence-electron chi connectivity index (χ0n) is 10.5. The summed E-state index contributed by atoms with van der Waals surface area (Å²) in [6.07, 6.45) is 0.892. The predicted octanol–water partition coefficient (Wildman–Crippen LogP) is 1.06. The van der Waals surface area contributed by atoms with Gasteiger partial charge in [-0.2, -0.15) is 0 Å². The molecule has 7 heteroatoms. The van der Waals surface area contributed by atoms with Crippen LogP contribution in [-0.4, -0.2) is 44.6 Å². The predicted molar refractivity (Wildman–Crippen MR) is 68.4 cm³/mol. The summed E-state index contributed by atoms with van der Waals surface area (Å²) in [6.45, 7) is -0.0393. The van der Waals surface area contributed by atoms with E-state index in [9.17, 15) is 17.2 Å². The fourth-order valence-corrected chi connectivity index (χ4v) is 2.97. The molecule has 19 heavy (non-hydrogen) atoms. The van der Waals surface area contributed by atoms with E-state index in [1.165, 1.54) is 0 Å². The van der Waals surface area contributed by atoms with Gasteiger partial charge in [-0.3, -0.25) is 4.90 Å². The highest BCUT2D eigenvalue weighted by molar-refractivity contribution is 7.88. The molecule has 0 aliphatic carbocycles. The summed E-state index contributed by atoms with van der Waals surface area (Å²) in [6, 6.07) is 7.90. The molecular formula is C12H16F2N2O2S. The molecule has 0 saturated carbocycles. The lowest BCUT2D eigenvalue weighted by molar-refractivity contribution is -0.00544. The molecule has 0 bridgehead atoms. The molecule has 0 radical (unpaired) electrons. The van der Waals surface area contributed by atoms with E-state index in [1.807, 2.05) is 35.1 Å².